The number of rotatable bonds is 9. The highest BCUT2D eigenvalue weighted by atomic mass is 35.5. The summed E-state index contributed by atoms with van der Waals surface area (Å²) in [6.45, 7) is 2.08. The zero-order valence-corrected chi connectivity index (χ0v) is 23.7. The van der Waals surface area contributed by atoms with Gasteiger partial charge >= 0.3 is 5.97 Å². The van der Waals surface area contributed by atoms with Crippen LogP contribution in [0.5, 0.6) is 0 Å². The number of carboxylic acid groups (broad SMARTS) is 1. The second-order valence-corrected chi connectivity index (χ2v) is 14.1. The zero-order chi connectivity index (χ0) is 27.4. The minimum atomic E-state index is -3.46. The van der Waals surface area contributed by atoms with Crippen LogP contribution < -0.4 is 0 Å². The standard InChI is InChI=1S/C28H32Cl2N2O5S/c1-3-21(16-31(2)38(36,37)22-11-12-22)32-25(17-7-9-19(29)10-8-17)23(18-5-4-6-20(30)13-18)14-28(27(32)35)15-24(28)26(33)34/h4-10,13,21-25H,3,11-12,14-16H2,1-2H3,(H,33,34)/t21-,23+,24-,25+,28-/m0/s1. The van der Waals surface area contributed by atoms with Crippen LogP contribution in [0.2, 0.25) is 10.0 Å². The Morgan fingerprint density at radius 2 is 1.79 bits per heavy atom. The van der Waals surface area contributed by atoms with E-state index in [2.05, 4.69) is 0 Å². The van der Waals surface area contributed by atoms with Gasteiger partial charge in [0.05, 0.1) is 22.6 Å². The molecule has 0 aromatic heterocycles. The molecule has 2 saturated carbocycles. The molecule has 5 atom stereocenters. The van der Waals surface area contributed by atoms with E-state index in [1.54, 1.807) is 30.1 Å². The molecule has 1 heterocycles. The number of amides is 1. The summed E-state index contributed by atoms with van der Waals surface area (Å²) in [5.74, 6) is -2.20. The Bertz CT molecular complexity index is 1350. The van der Waals surface area contributed by atoms with Gasteiger partial charge in [-0.25, -0.2) is 12.7 Å². The molecular formula is C28H32Cl2N2O5S. The van der Waals surface area contributed by atoms with Crippen LogP contribution in [0.4, 0.5) is 0 Å². The van der Waals surface area contributed by atoms with Gasteiger partial charge in [0.15, 0.2) is 0 Å². The van der Waals surface area contributed by atoms with Crippen LogP contribution in [-0.4, -0.2) is 59.5 Å². The molecule has 2 aliphatic carbocycles. The summed E-state index contributed by atoms with van der Waals surface area (Å²) in [7, 11) is -1.88. The Balaban J connectivity index is 1.63. The van der Waals surface area contributed by atoms with Crippen LogP contribution in [0, 0.1) is 11.3 Å². The Hall–Kier alpha value is -2.13. The zero-order valence-electron chi connectivity index (χ0n) is 21.4. The molecule has 1 saturated heterocycles. The van der Waals surface area contributed by atoms with E-state index in [0.29, 0.717) is 35.7 Å². The average molecular weight is 580 g/mol. The van der Waals surface area contributed by atoms with Crippen molar-refractivity contribution < 1.29 is 23.1 Å². The van der Waals surface area contributed by atoms with Gasteiger partial charge in [-0.3, -0.25) is 9.59 Å². The Morgan fingerprint density at radius 1 is 1.11 bits per heavy atom. The molecule has 7 nitrogen and oxygen atoms in total. The van der Waals surface area contributed by atoms with E-state index >= 15 is 0 Å². The maximum absolute atomic E-state index is 14.3. The number of aliphatic carboxylic acids is 1. The Kier molecular flexibility index (Phi) is 7.31. The molecule has 1 N–H and O–H groups in total. The number of sulfonamides is 1. The van der Waals surface area contributed by atoms with Gasteiger partial charge in [0, 0.05) is 35.6 Å². The Labute approximate surface area is 233 Å². The maximum Gasteiger partial charge on any atom is 0.307 e. The quantitative estimate of drug-likeness (QED) is 0.433. The first-order valence-corrected chi connectivity index (χ1v) is 15.3. The van der Waals surface area contributed by atoms with Crippen LogP contribution in [0.3, 0.4) is 0 Å². The lowest BCUT2D eigenvalue weighted by Crippen LogP contribution is -2.56. The second-order valence-electron chi connectivity index (χ2n) is 10.9. The van der Waals surface area contributed by atoms with Gasteiger partial charge in [-0.1, -0.05) is 54.4 Å². The summed E-state index contributed by atoms with van der Waals surface area (Å²) in [6, 6.07) is 13.9. The third kappa shape index (κ3) is 4.85. The third-order valence-corrected chi connectivity index (χ3v) is 11.3. The predicted molar refractivity (Wildman–Crippen MR) is 147 cm³/mol. The fourth-order valence-electron chi connectivity index (χ4n) is 6.18. The van der Waals surface area contributed by atoms with Gasteiger partial charge in [-0.15, -0.1) is 0 Å². The number of piperidine rings is 1. The number of likely N-dealkylation sites (N-methyl/N-ethyl adjacent to an activating group) is 1. The molecule has 0 radical (unpaired) electrons. The predicted octanol–water partition coefficient (Wildman–Crippen LogP) is 5.34. The summed E-state index contributed by atoms with van der Waals surface area (Å²) in [6.07, 6.45) is 2.46. The SMILES string of the molecule is CC[C@@H](CN(C)S(=O)(=O)C1CC1)N1C(=O)[C@@]2(C[C@H](c3cccc(Cl)c3)[C@H]1c1ccc(Cl)cc1)C[C@H]2C(=O)O. The number of benzene rings is 2. The summed E-state index contributed by atoms with van der Waals surface area (Å²) in [5, 5.41) is 10.7. The molecule has 2 aromatic carbocycles. The molecule has 1 amide bonds. The first-order valence-electron chi connectivity index (χ1n) is 13.0. The van der Waals surface area contributed by atoms with Crippen molar-refractivity contribution in [2.45, 2.75) is 62.3 Å². The summed E-state index contributed by atoms with van der Waals surface area (Å²) >= 11 is 12.6. The minimum Gasteiger partial charge on any atom is -0.481 e. The Morgan fingerprint density at radius 3 is 2.34 bits per heavy atom. The lowest BCUT2D eigenvalue weighted by Gasteiger charge is -2.49. The number of nitrogens with zero attached hydrogens (tertiary/aromatic N) is 2. The van der Waals surface area contributed by atoms with Crippen molar-refractivity contribution in [3.8, 4) is 0 Å². The van der Waals surface area contributed by atoms with E-state index in [9.17, 15) is 23.1 Å². The third-order valence-electron chi connectivity index (χ3n) is 8.50. The van der Waals surface area contributed by atoms with Crippen molar-refractivity contribution in [1.82, 2.24) is 9.21 Å². The van der Waals surface area contributed by atoms with Crippen molar-refractivity contribution in [3.05, 3.63) is 69.7 Å². The number of carboxylic acids is 1. The van der Waals surface area contributed by atoms with Crippen LogP contribution in [0.1, 0.15) is 62.1 Å². The van der Waals surface area contributed by atoms with E-state index in [1.807, 2.05) is 37.3 Å². The number of hydrogen-bond acceptors (Lipinski definition) is 4. The molecule has 5 rings (SSSR count). The van der Waals surface area contributed by atoms with Crippen molar-refractivity contribution >= 4 is 45.1 Å². The van der Waals surface area contributed by atoms with Gasteiger partial charge in [0.25, 0.3) is 0 Å². The van der Waals surface area contributed by atoms with Crippen LogP contribution in [0.15, 0.2) is 48.5 Å². The van der Waals surface area contributed by atoms with Gasteiger partial charge in [-0.2, -0.15) is 0 Å². The molecule has 10 heteroatoms. The molecule has 204 valence electrons. The highest BCUT2D eigenvalue weighted by Gasteiger charge is 2.69. The van der Waals surface area contributed by atoms with Crippen molar-refractivity contribution in [2.75, 3.05) is 13.6 Å². The molecule has 3 fully saturated rings. The minimum absolute atomic E-state index is 0.140. The van der Waals surface area contributed by atoms with Crippen LogP contribution >= 0.6 is 23.2 Å². The van der Waals surface area contributed by atoms with E-state index in [0.717, 1.165) is 11.1 Å². The van der Waals surface area contributed by atoms with E-state index < -0.39 is 39.4 Å². The van der Waals surface area contributed by atoms with Gasteiger partial charge in [0.1, 0.15) is 0 Å². The molecule has 0 bridgehead atoms. The summed E-state index contributed by atoms with van der Waals surface area (Å²) in [5.41, 5.74) is 0.753. The molecule has 38 heavy (non-hydrogen) atoms. The number of hydrogen-bond donors (Lipinski definition) is 1. The lowest BCUT2D eigenvalue weighted by molar-refractivity contribution is -0.154. The molecule has 3 aliphatic rings. The maximum atomic E-state index is 14.3. The highest BCUT2D eigenvalue weighted by Crippen LogP contribution is 2.65. The number of likely N-dealkylation sites (tertiary alicyclic amines) is 1. The molecular weight excluding hydrogens is 547 g/mol. The molecule has 1 aliphatic heterocycles. The average Bonchev–Trinajstić information content (AvgIpc) is 3.80. The summed E-state index contributed by atoms with van der Waals surface area (Å²) < 4.78 is 27.4. The van der Waals surface area contributed by atoms with Crippen molar-refractivity contribution in [1.29, 1.82) is 0 Å². The number of carbonyl (C=O) groups excluding carboxylic acids is 1. The van der Waals surface area contributed by atoms with Crippen molar-refractivity contribution in [2.24, 2.45) is 11.3 Å². The van der Waals surface area contributed by atoms with Crippen LogP contribution in [-0.2, 0) is 19.6 Å². The second kappa shape index (κ2) is 10.1. The highest BCUT2D eigenvalue weighted by molar-refractivity contribution is 7.90. The summed E-state index contributed by atoms with van der Waals surface area (Å²) in [4.78, 5) is 28.2. The van der Waals surface area contributed by atoms with Gasteiger partial charge < -0.3 is 10.0 Å². The van der Waals surface area contributed by atoms with Gasteiger partial charge in [-0.05, 0) is 67.5 Å². The van der Waals surface area contributed by atoms with Gasteiger partial charge in [0.2, 0.25) is 15.9 Å². The van der Waals surface area contributed by atoms with E-state index in [4.69, 9.17) is 23.2 Å². The lowest BCUT2D eigenvalue weighted by atomic mass is 9.72. The first-order chi connectivity index (χ1) is 18.0. The molecule has 2 aromatic rings. The fraction of sp³-hybridized carbons (Fsp3) is 0.500. The number of halogens is 2. The van der Waals surface area contributed by atoms with Crippen LogP contribution in [0.25, 0.3) is 0 Å². The van der Waals surface area contributed by atoms with E-state index in [-0.39, 0.29) is 30.0 Å². The van der Waals surface area contributed by atoms with Crippen molar-refractivity contribution in [3.63, 3.8) is 0 Å². The fourth-order valence-corrected chi connectivity index (χ4v) is 8.12. The number of carbonyl (C=O) groups is 2. The van der Waals surface area contributed by atoms with E-state index in [1.165, 1.54) is 4.31 Å². The first kappa shape index (κ1) is 27.4. The monoisotopic (exact) mass is 578 g/mol. The molecule has 1 spiro atoms. The largest absolute Gasteiger partial charge is 0.481 e. The smallest absolute Gasteiger partial charge is 0.307 e. The normalized spacial score (nSPS) is 28.1. The molecule has 0 unspecified atom stereocenters. The topological polar surface area (TPSA) is 95.0 Å².